The molecule has 0 radical (unpaired) electrons. The third-order valence-corrected chi connectivity index (χ3v) is 2.72. The molecule has 1 heterocycles. The molecule has 0 amide bonds. The maximum absolute atomic E-state index is 3.79. The van der Waals surface area contributed by atoms with E-state index in [0.717, 1.165) is 25.3 Å². The van der Waals surface area contributed by atoms with Crippen LogP contribution < -0.4 is 0 Å². The van der Waals surface area contributed by atoms with Crippen LogP contribution in [0.3, 0.4) is 0 Å². The zero-order valence-corrected chi connectivity index (χ0v) is 8.28. The normalized spacial score (nSPS) is 27.7. The topological polar surface area (TPSA) is 3.24 Å². The molecule has 0 spiro atoms. The Morgan fingerprint density at radius 1 is 1.08 bits per heavy atom. The van der Waals surface area contributed by atoms with Gasteiger partial charge < -0.3 is 0 Å². The lowest BCUT2D eigenvalue weighted by atomic mass is 9.84. The highest BCUT2D eigenvalue weighted by Crippen LogP contribution is 2.30. The van der Waals surface area contributed by atoms with Crippen molar-refractivity contribution in [3.8, 4) is 0 Å². The van der Waals surface area contributed by atoms with Gasteiger partial charge in [-0.05, 0) is 18.8 Å². The molecule has 2 atom stereocenters. The van der Waals surface area contributed by atoms with Crippen LogP contribution in [-0.4, -0.2) is 24.0 Å². The highest BCUT2D eigenvalue weighted by Gasteiger charge is 2.35. The summed E-state index contributed by atoms with van der Waals surface area (Å²) in [6.07, 6.45) is 8.22. The second-order valence-electron chi connectivity index (χ2n) is 3.62. The van der Waals surface area contributed by atoms with Crippen molar-refractivity contribution in [1.82, 2.24) is 4.90 Å². The molecular formula is C12H19N. The van der Waals surface area contributed by atoms with E-state index in [-0.39, 0.29) is 0 Å². The van der Waals surface area contributed by atoms with Gasteiger partial charge in [-0.1, -0.05) is 18.2 Å². The lowest BCUT2D eigenvalue weighted by Gasteiger charge is -2.47. The summed E-state index contributed by atoms with van der Waals surface area (Å²) in [6.45, 7) is 13.5. The summed E-state index contributed by atoms with van der Waals surface area (Å²) in [5.74, 6) is 0.787. The van der Waals surface area contributed by atoms with Gasteiger partial charge in [0.25, 0.3) is 0 Å². The minimum Gasteiger partial charge on any atom is -0.296 e. The SMILES string of the molecule is C=CCC1CN(CC=C)C1CC=C. The number of likely N-dealkylation sites (tertiary alicyclic amines) is 1. The van der Waals surface area contributed by atoms with E-state index >= 15 is 0 Å². The van der Waals surface area contributed by atoms with Gasteiger partial charge in [0.15, 0.2) is 0 Å². The van der Waals surface area contributed by atoms with Crippen molar-refractivity contribution >= 4 is 0 Å². The predicted molar refractivity (Wildman–Crippen MR) is 58.7 cm³/mol. The van der Waals surface area contributed by atoms with E-state index in [1.165, 1.54) is 6.54 Å². The van der Waals surface area contributed by atoms with Crippen LogP contribution in [0.25, 0.3) is 0 Å². The molecule has 0 aromatic carbocycles. The van der Waals surface area contributed by atoms with Crippen molar-refractivity contribution in [3.63, 3.8) is 0 Å². The maximum atomic E-state index is 3.79. The van der Waals surface area contributed by atoms with Gasteiger partial charge in [-0.15, -0.1) is 19.7 Å². The molecular weight excluding hydrogens is 158 g/mol. The van der Waals surface area contributed by atoms with E-state index in [4.69, 9.17) is 0 Å². The van der Waals surface area contributed by atoms with Crippen LogP contribution in [0.1, 0.15) is 12.8 Å². The van der Waals surface area contributed by atoms with E-state index in [1.807, 2.05) is 18.2 Å². The van der Waals surface area contributed by atoms with Crippen LogP contribution in [0.2, 0.25) is 0 Å². The Kier molecular flexibility index (Phi) is 3.97. The number of allylic oxidation sites excluding steroid dienone is 1. The molecule has 72 valence electrons. The van der Waals surface area contributed by atoms with Crippen molar-refractivity contribution in [1.29, 1.82) is 0 Å². The summed E-state index contributed by atoms with van der Waals surface area (Å²) >= 11 is 0. The number of hydrogen-bond acceptors (Lipinski definition) is 1. The Morgan fingerprint density at radius 2 is 1.77 bits per heavy atom. The monoisotopic (exact) mass is 177 g/mol. The Hall–Kier alpha value is -0.820. The first-order chi connectivity index (χ1) is 6.33. The zero-order chi connectivity index (χ0) is 9.68. The average molecular weight is 177 g/mol. The van der Waals surface area contributed by atoms with Crippen LogP contribution >= 0.6 is 0 Å². The van der Waals surface area contributed by atoms with Crippen molar-refractivity contribution in [2.75, 3.05) is 13.1 Å². The van der Waals surface area contributed by atoms with E-state index in [2.05, 4.69) is 24.6 Å². The van der Waals surface area contributed by atoms with Gasteiger partial charge in [0.05, 0.1) is 0 Å². The zero-order valence-electron chi connectivity index (χ0n) is 8.28. The molecule has 2 unspecified atom stereocenters. The van der Waals surface area contributed by atoms with Gasteiger partial charge in [0, 0.05) is 19.1 Å². The molecule has 1 rings (SSSR count). The van der Waals surface area contributed by atoms with Crippen LogP contribution in [0.4, 0.5) is 0 Å². The maximum Gasteiger partial charge on any atom is 0.0176 e. The minimum absolute atomic E-state index is 0.675. The Bertz CT molecular complexity index is 179. The van der Waals surface area contributed by atoms with Gasteiger partial charge in [0.1, 0.15) is 0 Å². The molecule has 1 aliphatic heterocycles. The lowest BCUT2D eigenvalue weighted by Crippen LogP contribution is -2.55. The summed E-state index contributed by atoms with van der Waals surface area (Å²) < 4.78 is 0. The molecule has 1 aliphatic rings. The highest BCUT2D eigenvalue weighted by molar-refractivity contribution is 4.99. The van der Waals surface area contributed by atoms with Crippen molar-refractivity contribution in [2.24, 2.45) is 5.92 Å². The van der Waals surface area contributed by atoms with Crippen LogP contribution in [-0.2, 0) is 0 Å². The number of rotatable bonds is 6. The van der Waals surface area contributed by atoms with Gasteiger partial charge in [-0.25, -0.2) is 0 Å². The summed E-state index contributed by atoms with van der Waals surface area (Å²) in [5, 5.41) is 0. The molecule has 0 bridgehead atoms. The highest BCUT2D eigenvalue weighted by atomic mass is 15.2. The largest absolute Gasteiger partial charge is 0.296 e. The third-order valence-electron chi connectivity index (χ3n) is 2.72. The molecule has 0 aliphatic carbocycles. The fourth-order valence-electron chi connectivity index (χ4n) is 2.05. The quantitative estimate of drug-likeness (QED) is 0.564. The number of nitrogens with zero attached hydrogens (tertiary/aromatic N) is 1. The standard InChI is InChI=1S/C12H19N/c1-4-7-11-10-13(9-6-3)12(11)8-5-2/h4-6,11-12H,1-3,7-10H2. The first kappa shape index (κ1) is 10.3. The van der Waals surface area contributed by atoms with E-state index in [1.54, 1.807) is 0 Å². The van der Waals surface area contributed by atoms with Crippen molar-refractivity contribution in [2.45, 2.75) is 18.9 Å². The van der Waals surface area contributed by atoms with Gasteiger partial charge in [0.2, 0.25) is 0 Å². The first-order valence-corrected chi connectivity index (χ1v) is 4.90. The summed E-state index contributed by atoms with van der Waals surface area (Å²) in [5.41, 5.74) is 0. The molecule has 1 nitrogen and oxygen atoms in total. The molecule has 0 N–H and O–H groups in total. The molecule has 0 saturated carbocycles. The second kappa shape index (κ2) is 5.03. The summed E-state index contributed by atoms with van der Waals surface area (Å²) in [7, 11) is 0. The predicted octanol–water partition coefficient (Wildman–Crippen LogP) is 2.63. The fraction of sp³-hybridized carbons (Fsp3) is 0.500. The van der Waals surface area contributed by atoms with Gasteiger partial charge in [-0.3, -0.25) is 4.90 Å². The fourth-order valence-corrected chi connectivity index (χ4v) is 2.05. The molecule has 13 heavy (non-hydrogen) atoms. The second-order valence-corrected chi connectivity index (χ2v) is 3.62. The van der Waals surface area contributed by atoms with Crippen LogP contribution in [0.5, 0.6) is 0 Å². The van der Waals surface area contributed by atoms with Crippen molar-refractivity contribution in [3.05, 3.63) is 38.0 Å². The summed E-state index contributed by atoms with van der Waals surface area (Å²) in [4.78, 5) is 2.45. The Labute approximate surface area is 81.4 Å². The van der Waals surface area contributed by atoms with Crippen LogP contribution in [0, 0.1) is 5.92 Å². The minimum atomic E-state index is 0.675. The average Bonchev–Trinajstić information content (AvgIpc) is 2.13. The summed E-state index contributed by atoms with van der Waals surface area (Å²) in [6, 6.07) is 0.675. The molecule has 1 heteroatoms. The first-order valence-electron chi connectivity index (χ1n) is 4.90. The van der Waals surface area contributed by atoms with Crippen molar-refractivity contribution < 1.29 is 0 Å². The molecule has 0 aromatic heterocycles. The molecule has 1 fully saturated rings. The van der Waals surface area contributed by atoms with Gasteiger partial charge >= 0.3 is 0 Å². The molecule has 0 aromatic rings. The number of hydrogen-bond donors (Lipinski definition) is 0. The third kappa shape index (κ3) is 2.31. The lowest BCUT2D eigenvalue weighted by molar-refractivity contribution is 0.0303. The smallest absolute Gasteiger partial charge is 0.0176 e. The van der Waals surface area contributed by atoms with E-state index < -0.39 is 0 Å². The van der Waals surface area contributed by atoms with Crippen LogP contribution in [0.15, 0.2) is 38.0 Å². The van der Waals surface area contributed by atoms with Gasteiger partial charge in [-0.2, -0.15) is 0 Å². The van der Waals surface area contributed by atoms with E-state index in [0.29, 0.717) is 6.04 Å². The Morgan fingerprint density at radius 3 is 2.31 bits per heavy atom. The van der Waals surface area contributed by atoms with E-state index in [9.17, 15) is 0 Å². The Balaban J connectivity index is 2.40. The molecule has 1 saturated heterocycles.